The minimum atomic E-state index is 0.772. The fraction of sp³-hybridized carbons (Fsp3) is 0.556. The quantitative estimate of drug-likeness (QED) is 0.320. The Bertz CT molecular complexity index is 745. The maximum Gasteiger partial charge on any atom is 0.119 e. The average molecular weight is 425 g/mol. The normalized spacial score (nSPS) is 12.3. The maximum absolute atomic E-state index is 6.04. The Morgan fingerprint density at radius 1 is 0.645 bits per heavy atom. The van der Waals surface area contributed by atoms with Gasteiger partial charge in [0.05, 0.1) is 13.2 Å². The molecular formula is C27H40N2O2. The number of hydrogen-bond donors (Lipinski definition) is 0. The highest BCUT2D eigenvalue weighted by molar-refractivity contribution is 5.78. The van der Waals surface area contributed by atoms with E-state index in [2.05, 4.69) is 73.9 Å². The predicted octanol–water partition coefficient (Wildman–Crippen LogP) is 5.48. The van der Waals surface area contributed by atoms with Crippen LogP contribution in [-0.4, -0.2) is 62.3 Å². The Kier molecular flexibility index (Phi) is 9.23. The SMILES string of the molecule is CCN(CC)CCCOc1ccc2c(c1)Cc1cc(OCCCN(CC)CC)ccc1-2. The van der Waals surface area contributed by atoms with Crippen molar-refractivity contribution in [2.45, 2.75) is 47.0 Å². The predicted molar refractivity (Wildman–Crippen MR) is 130 cm³/mol. The molecule has 0 saturated heterocycles. The molecule has 4 nitrogen and oxygen atoms in total. The van der Waals surface area contributed by atoms with E-state index in [1.165, 1.54) is 22.3 Å². The van der Waals surface area contributed by atoms with Gasteiger partial charge in [0.2, 0.25) is 0 Å². The minimum absolute atomic E-state index is 0.772. The molecule has 0 saturated carbocycles. The van der Waals surface area contributed by atoms with E-state index in [9.17, 15) is 0 Å². The lowest BCUT2D eigenvalue weighted by Gasteiger charge is -2.17. The standard InChI is InChI=1S/C27H40N2O2/c1-5-28(6-2)15-9-17-30-24-11-13-26-22(20-24)19-23-21-25(12-14-27(23)26)31-18-10-16-29(7-3)8-4/h11-14,20-21H,5-10,15-19H2,1-4H3. The third kappa shape index (κ3) is 6.47. The van der Waals surface area contributed by atoms with Gasteiger partial charge in [0.25, 0.3) is 0 Å². The first-order valence-corrected chi connectivity index (χ1v) is 12.1. The van der Waals surface area contributed by atoms with Crippen molar-refractivity contribution in [2.75, 3.05) is 52.5 Å². The lowest BCUT2D eigenvalue weighted by atomic mass is 10.1. The number of rotatable bonds is 14. The summed E-state index contributed by atoms with van der Waals surface area (Å²) in [6.07, 6.45) is 3.08. The molecular weight excluding hydrogens is 384 g/mol. The van der Waals surface area contributed by atoms with E-state index >= 15 is 0 Å². The second kappa shape index (κ2) is 12.1. The van der Waals surface area contributed by atoms with Crippen molar-refractivity contribution in [3.63, 3.8) is 0 Å². The van der Waals surface area contributed by atoms with Crippen LogP contribution < -0.4 is 9.47 Å². The summed E-state index contributed by atoms with van der Waals surface area (Å²) in [6.45, 7) is 17.0. The summed E-state index contributed by atoms with van der Waals surface area (Å²) in [5, 5.41) is 0. The third-order valence-electron chi connectivity index (χ3n) is 6.39. The first-order valence-electron chi connectivity index (χ1n) is 12.1. The zero-order valence-electron chi connectivity index (χ0n) is 20.0. The second-order valence-electron chi connectivity index (χ2n) is 8.27. The van der Waals surface area contributed by atoms with E-state index in [1.807, 2.05) is 0 Å². The second-order valence-corrected chi connectivity index (χ2v) is 8.27. The molecule has 0 atom stereocenters. The molecule has 0 amide bonds. The van der Waals surface area contributed by atoms with Gasteiger partial charge in [0, 0.05) is 13.1 Å². The summed E-state index contributed by atoms with van der Waals surface area (Å²) >= 11 is 0. The summed E-state index contributed by atoms with van der Waals surface area (Å²) in [5.41, 5.74) is 5.38. The van der Waals surface area contributed by atoms with Crippen molar-refractivity contribution in [3.8, 4) is 22.6 Å². The van der Waals surface area contributed by atoms with Crippen LogP contribution in [-0.2, 0) is 6.42 Å². The van der Waals surface area contributed by atoms with Crippen molar-refractivity contribution >= 4 is 0 Å². The van der Waals surface area contributed by atoms with Gasteiger partial charge in [-0.3, -0.25) is 0 Å². The number of hydrogen-bond acceptors (Lipinski definition) is 4. The van der Waals surface area contributed by atoms with Gasteiger partial charge >= 0.3 is 0 Å². The summed E-state index contributed by atoms with van der Waals surface area (Å²) in [7, 11) is 0. The van der Waals surface area contributed by atoms with Crippen LogP contribution in [0.25, 0.3) is 11.1 Å². The highest BCUT2D eigenvalue weighted by Crippen LogP contribution is 2.39. The van der Waals surface area contributed by atoms with Gasteiger partial charge in [-0.25, -0.2) is 0 Å². The molecule has 0 aromatic heterocycles. The Balaban J connectivity index is 1.50. The zero-order chi connectivity index (χ0) is 22.1. The molecule has 0 heterocycles. The molecule has 4 heteroatoms. The van der Waals surface area contributed by atoms with Crippen molar-refractivity contribution in [2.24, 2.45) is 0 Å². The van der Waals surface area contributed by atoms with Gasteiger partial charge in [-0.05, 0) is 92.0 Å². The first kappa shape index (κ1) is 23.6. The van der Waals surface area contributed by atoms with Gasteiger partial charge in [0.1, 0.15) is 11.5 Å². The van der Waals surface area contributed by atoms with Crippen molar-refractivity contribution in [1.29, 1.82) is 0 Å². The molecule has 0 aliphatic heterocycles. The van der Waals surface area contributed by atoms with Crippen LogP contribution in [0, 0.1) is 0 Å². The van der Waals surface area contributed by atoms with Crippen LogP contribution in [0.5, 0.6) is 11.5 Å². The molecule has 2 aromatic carbocycles. The summed E-state index contributed by atoms with van der Waals surface area (Å²) in [5.74, 6) is 1.97. The van der Waals surface area contributed by atoms with E-state index in [1.54, 1.807) is 0 Å². The number of benzene rings is 2. The summed E-state index contributed by atoms with van der Waals surface area (Å²) in [6, 6.07) is 13.1. The maximum atomic E-state index is 6.04. The fourth-order valence-electron chi connectivity index (χ4n) is 4.38. The third-order valence-corrected chi connectivity index (χ3v) is 6.39. The fourth-order valence-corrected chi connectivity index (χ4v) is 4.38. The Labute approximate surface area is 189 Å². The van der Waals surface area contributed by atoms with Crippen LogP contribution in [0.2, 0.25) is 0 Å². The molecule has 0 N–H and O–H groups in total. The molecule has 1 aliphatic carbocycles. The average Bonchev–Trinajstić information content (AvgIpc) is 3.16. The molecule has 0 fully saturated rings. The van der Waals surface area contributed by atoms with Gasteiger partial charge in [-0.2, -0.15) is 0 Å². The number of ether oxygens (including phenoxy) is 2. The van der Waals surface area contributed by atoms with E-state index in [0.29, 0.717) is 0 Å². The molecule has 2 aromatic rings. The molecule has 0 radical (unpaired) electrons. The molecule has 170 valence electrons. The van der Waals surface area contributed by atoms with Crippen molar-refractivity contribution < 1.29 is 9.47 Å². The molecule has 0 spiro atoms. The minimum Gasteiger partial charge on any atom is -0.494 e. The highest BCUT2D eigenvalue weighted by Gasteiger charge is 2.19. The lowest BCUT2D eigenvalue weighted by molar-refractivity contribution is 0.249. The van der Waals surface area contributed by atoms with E-state index in [-0.39, 0.29) is 0 Å². The van der Waals surface area contributed by atoms with E-state index < -0.39 is 0 Å². The smallest absolute Gasteiger partial charge is 0.119 e. The van der Waals surface area contributed by atoms with Gasteiger partial charge < -0.3 is 19.3 Å². The van der Waals surface area contributed by atoms with Crippen LogP contribution >= 0.6 is 0 Å². The van der Waals surface area contributed by atoms with Gasteiger partial charge in [-0.1, -0.05) is 39.8 Å². The Hall–Kier alpha value is -2.04. The van der Waals surface area contributed by atoms with Crippen molar-refractivity contribution in [3.05, 3.63) is 47.5 Å². The first-order chi connectivity index (χ1) is 15.2. The topological polar surface area (TPSA) is 24.9 Å². The molecule has 0 bridgehead atoms. The van der Waals surface area contributed by atoms with E-state index in [4.69, 9.17) is 9.47 Å². The van der Waals surface area contributed by atoms with Gasteiger partial charge in [-0.15, -0.1) is 0 Å². The largest absolute Gasteiger partial charge is 0.494 e. The monoisotopic (exact) mass is 424 g/mol. The summed E-state index contributed by atoms with van der Waals surface area (Å²) < 4.78 is 12.1. The van der Waals surface area contributed by atoms with Crippen molar-refractivity contribution in [1.82, 2.24) is 9.80 Å². The molecule has 0 unspecified atom stereocenters. The van der Waals surface area contributed by atoms with Crippen LogP contribution in [0.3, 0.4) is 0 Å². The number of nitrogens with zero attached hydrogens (tertiary/aromatic N) is 2. The van der Waals surface area contributed by atoms with Crippen LogP contribution in [0.4, 0.5) is 0 Å². The van der Waals surface area contributed by atoms with E-state index in [0.717, 1.165) is 83.2 Å². The Morgan fingerprint density at radius 2 is 1.06 bits per heavy atom. The molecule has 1 aliphatic rings. The molecule has 3 rings (SSSR count). The summed E-state index contributed by atoms with van der Waals surface area (Å²) in [4.78, 5) is 4.87. The Morgan fingerprint density at radius 3 is 1.45 bits per heavy atom. The highest BCUT2D eigenvalue weighted by atomic mass is 16.5. The van der Waals surface area contributed by atoms with Crippen LogP contribution in [0.15, 0.2) is 36.4 Å². The van der Waals surface area contributed by atoms with Gasteiger partial charge in [0.15, 0.2) is 0 Å². The molecule has 31 heavy (non-hydrogen) atoms. The number of fused-ring (bicyclic) bond motifs is 3. The lowest BCUT2D eigenvalue weighted by Crippen LogP contribution is -2.25. The van der Waals surface area contributed by atoms with Crippen LogP contribution in [0.1, 0.15) is 51.7 Å². The zero-order valence-corrected chi connectivity index (χ0v) is 20.0.